The van der Waals surface area contributed by atoms with Gasteiger partial charge < -0.3 is 4.90 Å². The molecule has 2 atom stereocenters. The number of nitrogens with one attached hydrogen (secondary N) is 1. The number of amides is 1. The minimum absolute atomic E-state index is 0.00179. The lowest BCUT2D eigenvalue weighted by Gasteiger charge is -2.27. The minimum Gasteiger partial charge on any atom is -0.341 e. The molecule has 0 aromatic heterocycles. The fraction of sp³-hybridized carbons (Fsp3) is 0.350. The number of carbonyl (C=O) groups is 1. The van der Waals surface area contributed by atoms with Crippen LogP contribution in [0.5, 0.6) is 0 Å². The lowest BCUT2D eigenvalue weighted by molar-refractivity contribution is -0.132. The van der Waals surface area contributed by atoms with Crippen LogP contribution in [0, 0.1) is 11.6 Å². The van der Waals surface area contributed by atoms with Crippen LogP contribution in [0.25, 0.3) is 0 Å². The molecule has 0 aliphatic carbocycles. The van der Waals surface area contributed by atoms with Crippen LogP contribution >= 0.6 is 0 Å². The van der Waals surface area contributed by atoms with Crippen molar-refractivity contribution < 1.29 is 13.6 Å². The third-order valence-corrected chi connectivity index (χ3v) is 4.64. The monoisotopic (exact) mass is 344 g/mol. The summed E-state index contributed by atoms with van der Waals surface area (Å²) in [7, 11) is 0. The maximum absolute atomic E-state index is 14.1. The molecule has 1 fully saturated rings. The predicted molar refractivity (Wildman–Crippen MR) is 92.9 cm³/mol. The second-order valence-corrected chi connectivity index (χ2v) is 6.43. The summed E-state index contributed by atoms with van der Waals surface area (Å²) >= 11 is 0. The predicted octanol–water partition coefficient (Wildman–Crippen LogP) is 3.98. The molecule has 2 aromatic carbocycles. The van der Waals surface area contributed by atoms with Crippen molar-refractivity contribution >= 4 is 5.91 Å². The van der Waals surface area contributed by atoms with Crippen LogP contribution in [0.15, 0.2) is 48.5 Å². The Balaban J connectivity index is 1.85. The van der Waals surface area contributed by atoms with E-state index in [0.717, 1.165) is 37.6 Å². The van der Waals surface area contributed by atoms with Gasteiger partial charge in [0.2, 0.25) is 5.91 Å². The summed E-state index contributed by atoms with van der Waals surface area (Å²) in [6, 6.07) is 12.0. The Morgan fingerprint density at radius 2 is 1.76 bits per heavy atom. The number of halogens is 2. The fourth-order valence-corrected chi connectivity index (χ4v) is 3.27. The van der Waals surface area contributed by atoms with Crippen LogP contribution in [0.4, 0.5) is 8.78 Å². The number of likely N-dealkylation sites (tertiary alicyclic amines) is 1. The highest BCUT2D eigenvalue weighted by Gasteiger charge is 2.29. The number of hydrogen-bond acceptors (Lipinski definition) is 2. The first-order chi connectivity index (χ1) is 12.1. The molecule has 0 unspecified atom stereocenters. The standard InChI is InChI=1S/C20H22F2N2O/c1-14(17-10-9-16(21)13-18(17)22)23-19(15-7-3-2-4-8-15)20(25)24-11-5-6-12-24/h2-4,7-10,13-14,19,23H,5-6,11-12H2,1H3/t14-,19-/m1/s1. The smallest absolute Gasteiger partial charge is 0.244 e. The first-order valence-corrected chi connectivity index (χ1v) is 8.61. The van der Waals surface area contributed by atoms with E-state index >= 15 is 0 Å². The van der Waals surface area contributed by atoms with Crippen molar-refractivity contribution in [1.82, 2.24) is 10.2 Å². The van der Waals surface area contributed by atoms with E-state index in [2.05, 4.69) is 5.32 Å². The van der Waals surface area contributed by atoms with Crippen LogP contribution in [-0.4, -0.2) is 23.9 Å². The van der Waals surface area contributed by atoms with Gasteiger partial charge in [-0.3, -0.25) is 10.1 Å². The Hall–Kier alpha value is -2.27. The number of nitrogens with zero attached hydrogens (tertiary/aromatic N) is 1. The molecule has 1 aliphatic heterocycles. The molecule has 25 heavy (non-hydrogen) atoms. The molecule has 1 saturated heterocycles. The SMILES string of the molecule is C[C@@H](N[C@@H](C(=O)N1CCCC1)c1ccccc1)c1ccc(F)cc1F. The van der Waals surface area contributed by atoms with Crippen LogP contribution in [0.2, 0.25) is 0 Å². The van der Waals surface area contributed by atoms with Crippen molar-refractivity contribution in [1.29, 1.82) is 0 Å². The van der Waals surface area contributed by atoms with Crippen molar-refractivity contribution in [2.75, 3.05) is 13.1 Å². The van der Waals surface area contributed by atoms with Crippen molar-refractivity contribution in [3.8, 4) is 0 Å². The van der Waals surface area contributed by atoms with E-state index in [1.54, 1.807) is 6.92 Å². The molecule has 0 spiro atoms. The maximum Gasteiger partial charge on any atom is 0.244 e. The molecule has 3 rings (SSSR count). The zero-order chi connectivity index (χ0) is 17.8. The van der Waals surface area contributed by atoms with Gasteiger partial charge in [0.15, 0.2) is 0 Å². The van der Waals surface area contributed by atoms with Gasteiger partial charge in [0.1, 0.15) is 17.7 Å². The van der Waals surface area contributed by atoms with Gasteiger partial charge in [-0.1, -0.05) is 36.4 Å². The quantitative estimate of drug-likeness (QED) is 0.890. The van der Waals surface area contributed by atoms with Gasteiger partial charge in [-0.25, -0.2) is 8.78 Å². The molecule has 132 valence electrons. The molecule has 0 saturated carbocycles. The average molecular weight is 344 g/mol. The highest BCUT2D eigenvalue weighted by molar-refractivity contribution is 5.83. The summed E-state index contributed by atoms with van der Waals surface area (Å²) in [5.41, 5.74) is 1.19. The van der Waals surface area contributed by atoms with E-state index in [9.17, 15) is 13.6 Å². The van der Waals surface area contributed by atoms with E-state index in [-0.39, 0.29) is 5.91 Å². The zero-order valence-electron chi connectivity index (χ0n) is 14.2. The van der Waals surface area contributed by atoms with Crippen molar-refractivity contribution in [3.05, 3.63) is 71.3 Å². The van der Waals surface area contributed by atoms with Gasteiger partial charge in [0.05, 0.1) is 0 Å². The summed E-state index contributed by atoms with van der Waals surface area (Å²) in [5.74, 6) is -1.22. The third kappa shape index (κ3) is 4.04. The summed E-state index contributed by atoms with van der Waals surface area (Å²) in [4.78, 5) is 14.8. The highest BCUT2D eigenvalue weighted by atomic mass is 19.1. The van der Waals surface area contributed by atoms with Crippen LogP contribution < -0.4 is 5.32 Å². The Kier molecular flexibility index (Phi) is 5.43. The Morgan fingerprint density at radius 1 is 1.08 bits per heavy atom. The summed E-state index contributed by atoms with van der Waals surface area (Å²) in [6.07, 6.45) is 2.02. The van der Waals surface area contributed by atoms with Crippen LogP contribution in [0.1, 0.15) is 43.0 Å². The first kappa shape index (κ1) is 17.5. The maximum atomic E-state index is 14.1. The summed E-state index contributed by atoms with van der Waals surface area (Å²) in [6.45, 7) is 3.29. The van der Waals surface area contributed by atoms with Crippen LogP contribution in [0.3, 0.4) is 0 Å². The molecular weight excluding hydrogens is 322 g/mol. The van der Waals surface area contributed by atoms with Crippen molar-refractivity contribution in [2.45, 2.75) is 31.8 Å². The average Bonchev–Trinajstić information content (AvgIpc) is 3.14. The topological polar surface area (TPSA) is 32.3 Å². The molecule has 2 aromatic rings. The van der Waals surface area contributed by atoms with E-state index in [4.69, 9.17) is 0 Å². The van der Waals surface area contributed by atoms with E-state index in [0.29, 0.717) is 5.56 Å². The normalized spacial score (nSPS) is 16.7. The van der Waals surface area contributed by atoms with Gasteiger partial charge in [-0.05, 0) is 31.4 Å². The molecule has 0 bridgehead atoms. The molecule has 1 heterocycles. The molecule has 1 N–H and O–H groups in total. The lowest BCUT2D eigenvalue weighted by atomic mass is 10.0. The first-order valence-electron chi connectivity index (χ1n) is 8.61. The number of carbonyl (C=O) groups excluding carboxylic acids is 1. The Morgan fingerprint density at radius 3 is 2.40 bits per heavy atom. The Labute approximate surface area is 146 Å². The number of hydrogen-bond donors (Lipinski definition) is 1. The molecule has 1 aliphatic rings. The summed E-state index contributed by atoms with van der Waals surface area (Å²) in [5, 5.41) is 3.23. The fourth-order valence-electron chi connectivity index (χ4n) is 3.27. The van der Waals surface area contributed by atoms with E-state index < -0.39 is 23.7 Å². The second kappa shape index (κ2) is 7.74. The molecule has 5 heteroatoms. The van der Waals surface area contributed by atoms with Crippen molar-refractivity contribution in [3.63, 3.8) is 0 Å². The number of rotatable bonds is 5. The van der Waals surface area contributed by atoms with Crippen LogP contribution in [-0.2, 0) is 4.79 Å². The Bertz CT molecular complexity index is 730. The molecular formula is C20H22F2N2O. The molecule has 1 amide bonds. The number of benzene rings is 2. The molecule has 0 radical (unpaired) electrons. The molecule has 3 nitrogen and oxygen atoms in total. The van der Waals surface area contributed by atoms with Gasteiger partial charge in [-0.15, -0.1) is 0 Å². The largest absolute Gasteiger partial charge is 0.341 e. The minimum atomic E-state index is -0.611. The summed E-state index contributed by atoms with van der Waals surface area (Å²) < 4.78 is 27.2. The second-order valence-electron chi connectivity index (χ2n) is 6.43. The van der Waals surface area contributed by atoms with Gasteiger partial charge >= 0.3 is 0 Å². The zero-order valence-corrected chi connectivity index (χ0v) is 14.2. The van der Waals surface area contributed by atoms with E-state index in [1.807, 2.05) is 35.2 Å². The van der Waals surface area contributed by atoms with Gasteiger partial charge in [-0.2, -0.15) is 0 Å². The highest BCUT2D eigenvalue weighted by Crippen LogP contribution is 2.25. The van der Waals surface area contributed by atoms with Gasteiger partial charge in [0.25, 0.3) is 0 Å². The van der Waals surface area contributed by atoms with Crippen molar-refractivity contribution in [2.24, 2.45) is 0 Å². The third-order valence-electron chi connectivity index (χ3n) is 4.64. The lowest BCUT2D eigenvalue weighted by Crippen LogP contribution is -2.40. The van der Waals surface area contributed by atoms with E-state index in [1.165, 1.54) is 12.1 Å². The van der Waals surface area contributed by atoms with Gasteiger partial charge in [0, 0.05) is 30.8 Å².